The fourth-order valence-electron chi connectivity index (χ4n) is 3.29. The van der Waals surface area contributed by atoms with Crippen molar-refractivity contribution in [3.63, 3.8) is 0 Å². The molecule has 150 valence electrons. The lowest BCUT2D eigenvalue weighted by Crippen LogP contribution is -2.31. The number of benzene rings is 1. The van der Waals surface area contributed by atoms with Crippen LogP contribution < -0.4 is 10.2 Å². The highest BCUT2D eigenvalue weighted by Gasteiger charge is 2.23. The van der Waals surface area contributed by atoms with Gasteiger partial charge in [-0.3, -0.25) is 9.59 Å². The zero-order valence-corrected chi connectivity index (χ0v) is 17.6. The summed E-state index contributed by atoms with van der Waals surface area (Å²) in [7, 11) is 0. The van der Waals surface area contributed by atoms with Gasteiger partial charge in [-0.1, -0.05) is 30.0 Å². The number of thioether (sulfide) groups is 1. The maximum Gasteiger partial charge on any atom is 0.230 e. The largest absolute Gasteiger partial charge is 0.355 e. The monoisotopic (exact) mass is 400 g/mol. The lowest BCUT2D eigenvalue weighted by molar-refractivity contribution is -0.120. The van der Waals surface area contributed by atoms with Crippen molar-refractivity contribution in [2.24, 2.45) is 0 Å². The number of rotatable bonds is 7. The van der Waals surface area contributed by atoms with Crippen molar-refractivity contribution in [3.05, 3.63) is 42.2 Å². The SMILES string of the molecule is CC(C)(C)n1ccnc1SCC(=O)NCCCC(=O)N1CCc2ccccc21. The Labute approximate surface area is 170 Å². The smallest absolute Gasteiger partial charge is 0.230 e. The first-order chi connectivity index (χ1) is 13.4. The molecule has 7 heteroatoms. The lowest BCUT2D eigenvalue weighted by atomic mass is 10.1. The molecule has 6 nitrogen and oxygen atoms in total. The molecule has 1 N–H and O–H groups in total. The summed E-state index contributed by atoms with van der Waals surface area (Å²) in [4.78, 5) is 30.8. The molecular formula is C21H28N4O2S. The zero-order valence-electron chi connectivity index (χ0n) is 16.8. The molecule has 0 bridgehead atoms. The minimum absolute atomic E-state index is 0.0348. The van der Waals surface area contributed by atoms with Crippen LogP contribution in [0.5, 0.6) is 0 Å². The number of amides is 2. The van der Waals surface area contributed by atoms with Gasteiger partial charge in [0.05, 0.1) is 5.75 Å². The number of hydrogen-bond donors (Lipinski definition) is 1. The molecule has 28 heavy (non-hydrogen) atoms. The number of carbonyl (C=O) groups excluding carboxylic acids is 2. The summed E-state index contributed by atoms with van der Waals surface area (Å²) in [5.41, 5.74) is 2.20. The Hall–Kier alpha value is -2.28. The van der Waals surface area contributed by atoms with Crippen molar-refractivity contribution in [2.75, 3.05) is 23.7 Å². The van der Waals surface area contributed by atoms with E-state index in [0.29, 0.717) is 25.1 Å². The van der Waals surface area contributed by atoms with E-state index in [1.165, 1.54) is 17.3 Å². The Morgan fingerprint density at radius 1 is 1.25 bits per heavy atom. The number of aromatic nitrogens is 2. The summed E-state index contributed by atoms with van der Waals surface area (Å²) < 4.78 is 2.07. The predicted octanol–water partition coefficient (Wildman–Crippen LogP) is 3.22. The molecule has 0 aliphatic carbocycles. The van der Waals surface area contributed by atoms with Crippen molar-refractivity contribution >= 4 is 29.3 Å². The topological polar surface area (TPSA) is 67.2 Å². The van der Waals surface area contributed by atoms with Crippen molar-refractivity contribution in [1.29, 1.82) is 0 Å². The summed E-state index contributed by atoms with van der Waals surface area (Å²) in [6.45, 7) is 7.58. The molecule has 0 radical (unpaired) electrons. The minimum Gasteiger partial charge on any atom is -0.355 e. The standard InChI is InChI=1S/C21H28N4O2S/c1-21(2,3)25-14-12-23-20(25)28-15-18(26)22-11-6-9-19(27)24-13-10-16-7-4-5-8-17(16)24/h4-5,7-8,12,14H,6,9-11,13,15H2,1-3H3,(H,22,26). The van der Waals surface area contributed by atoms with Gasteiger partial charge in [-0.2, -0.15) is 0 Å². The number of fused-ring (bicyclic) bond motifs is 1. The number of carbonyl (C=O) groups is 2. The van der Waals surface area contributed by atoms with Crippen LogP contribution in [0, 0.1) is 0 Å². The second-order valence-corrected chi connectivity index (χ2v) is 8.86. The summed E-state index contributed by atoms with van der Waals surface area (Å²) in [6.07, 6.45) is 5.69. The van der Waals surface area contributed by atoms with E-state index in [0.717, 1.165) is 23.8 Å². The summed E-state index contributed by atoms with van der Waals surface area (Å²) >= 11 is 1.43. The highest BCUT2D eigenvalue weighted by atomic mass is 32.2. The van der Waals surface area contributed by atoms with Crippen LogP contribution in [0.1, 0.15) is 39.2 Å². The first-order valence-corrected chi connectivity index (χ1v) is 10.7. The van der Waals surface area contributed by atoms with Gasteiger partial charge in [-0.25, -0.2) is 4.98 Å². The third-order valence-corrected chi connectivity index (χ3v) is 5.71. The zero-order chi connectivity index (χ0) is 20.1. The summed E-state index contributed by atoms with van der Waals surface area (Å²) in [5.74, 6) is 0.411. The van der Waals surface area contributed by atoms with Gasteiger partial charge in [0.1, 0.15) is 0 Å². The number of nitrogens with zero attached hydrogens (tertiary/aromatic N) is 3. The summed E-state index contributed by atoms with van der Waals surface area (Å²) in [6, 6.07) is 8.05. The van der Waals surface area contributed by atoms with Crippen LogP contribution in [0.25, 0.3) is 0 Å². The van der Waals surface area contributed by atoms with Gasteiger partial charge in [0.2, 0.25) is 11.8 Å². The first-order valence-electron chi connectivity index (χ1n) is 9.68. The van der Waals surface area contributed by atoms with Crippen LogP contribution in [0.15, 0.2) is 41.8 Å². The van der Waals surface area contributed by atoms with E-state index in [-0.39, 0.29) is 17.4 Å². The quantitative estimate of drug-likeness (QED) is 0.572. The van der Waals surface area contributed by atoms with Crippen molar-refractivity contribution in [1.82, 2.24) is 14.9 Å². The Morgan fingerprint density at radius 2 is 2.04 bits per heavy atom. The van der Waals surface area contributed by atoms with E-state index >= 15 is 0 Å². The van der Waals surface area contributed by atoms with Crippen LogP contribution in [0.2, 0.25) is 0 Å². The lowest BCUT2D eigenvalue weighted by Gasteiger charge is -2.22. The molecule has 1 aromatic carbocycles. The number of anilines is 1. The van der Waals surface area contributed by atoms with E-state index in [1.807, 2.05) is 29.3 Å². The second kappa shape index (κ2) is 8.82. The molecule has 1 aromatic heterocycles. The molecule has 0 atom stereocenters. The van der Waals surface area contributed by atoms with E-state index in [1.54, 1.807) is 6.20 Å². The maximum absolute atomic E-state index is 12.5. The Morgan fingerprint density at radius 3 is 2.82 bits per heavy atom. The van der Waals surface area contributed by atoms with Gasteiger partial charge < -0.3 is 14.8 Å². The third-order valence-electron chi connectivity index (χ3n) is 4.74. The molecule has 0 saturated heterocycles. The molecule has 0 unspecified atom stereocenters. The Balaban J connectivity index is 1.37. The Bertz CT molecular complexity index is 841. The molecule has 2 amide bonds. The third kappa shape index (κ3) is 4.95. The molecule has 0 fully saturated rings. The van der Waals surface area contributed by atoms with Crippen LogP contribution in [-0.2, 0) is 21.5 Å². The van der Waals surface area contributed by atoms with Crippen LogP contribution in [0.4, 0.5) is 5.69 Å². The van der Waals surface area contributed by atoms with Gasteiger partial charge >= 0.3 is 0 Å². The highest BCUT2D eigenvalue weighted by molar-refractivity contribution is 7.99. The van der Waals surface area contributed by atoms with E-state index in [2.05, 4.69) is 41.7 Å². The number of nitrogens with one attached hydrogen (secondary N) is 1. The molecule has 1 aliphatic rings. The first kappa shape index (κ1) is 20.5. The number of imidazole rings is 1. The van der Waals surface area contributed by atoms with Crippen molar-refractivity contribution < 1.29 is 9.59 Å². The molecule has 2 heterocycles. The van der Waals surface area contributed by atoms with Gasteiger partial charge in [0.15, 0.2) is 5.16 Å². The molecular weight excluding hydrogens is 372 g/mol. The normalized spacial score (nSPS) is 13.5. The highest BCUT2D eigenvalue weighted by Crippen LogP contribution is 2.28. The molecule has 1 aliphatic heterocycles. The minimum atomic E-state index is -0.0656. The Kier molecular flexibility index (Phi) is 6.44. The average Bonchev–Trinajstić information content (AvgIpc) is 3.29. The molecule has 0 spiro atoms. The van der Waals surface area contributed by atoms with Crippen molar-refractivity contribution in [2.45, 2.75) is 50.7 Å². The fourth-order valence-corrected chi connectivity index (χ4v) is 4.26. The van der Waals surface area contributed by atoms with Crippen LogP contribution >= 0.6 is 11.8 Å². The summed E-state index contributed by atoms with van der Waals surface area (Å²) in [5, 5.41) is 3.74. The fraction of sp³-hybridized carbons (Fsp3) is 0.476. The number of hydrogen-bond acceptors (Lipinski definition) is 4. The molecule has 0 saturated carbocycles. The second-order valence-electron chi connectivity index (χ2n) is 7.92. The van der Waals surface area contributed by atoms with Gasteiger partial charge in [0, 0.05) is 43.1 Å². The van der Waals surface area contributed by atoms with Crippen molar-refractivity contribution in [3.8, 4) is 0 Å². The van der Waals surface area contributed by atoms with E-state index in [4.69, 9.17) is 0 Å². The van der Waals surface area contributed by atoms with Crippen LogP contribution in [-0.4, -0.2) is 40.2 Å². The van der Waals surface area contributed by atoms with Gasteiger partial charge in [-0.05, 0) is 45.2 Å². The number of para-hydroxylation sites is 1. The average molecular weight is 401 g/mol. The predicted molar refractivity (Wildman–Crippen MR) is 113 cm³/mol. The van der Waals surface area contributed by atoms with Gasteiger partial charge in [0.25, 0.3) is 0 Å². The van der Waals surface area contributed by atoms with E-state index in [9.17, 15) is 9.59 Å². The van der Waals surface area contributed by atoms with Crippen LogP contribution in [0.3, 0.4) is 0 Å². The molecule has 2 aromatic rings. The maximum atomic E-state index is 12.5. The van der Waals surface area contributed by atoms with Gasteiger partial charge in [-0.15, -0.1) is 0 Å². The molecule has 3 rings (SSSR count). The van der Waals surface area contributed by atoms with E-state index < -0.39 is 0 Å².